The fourth-order valence-corrected chi connectivity index (χ4v) is 1.79. The van der Waals surface area contributed by atoms with Gasteiger partial charge in [-0.15, -0.1) is 0 Å². The average Bonchev–Trinajstić information content (AvgIpc) is 2.46. The van der Waals surface area contributed by atoms with Crippen molar-refractivity contribution in [1.82, 2.24) is 19.9 Å². The maximum atomic E-state index is 12.3. The Morgan fingerprint density at radius 3 is 2.50 bits per heavy atom. The van der Waals surface area contributed by atoms with Crippen LogP contribution in [-0.2, 0) is 0 Å². The second-order valence-corrected chi connectivity index (χ2v) is 4.09. The van der Waals surface area contributed by atoms with Gasteiger partial charge in [0.1, 0.15) is 11.2 Å². The summed E-state index contributed by atoms with van der Waals surface area (Å²) in [7, 11) is 0. The molecule has 0 aliphatic heterocycles. The highest BCUT2D eigenvalue weighted by molar-refractivity contribution is 6.08. The standard InChI is InChI=1S/C13H10N6O/c14-11-9-12(19-13(15)18-11)17-8(6-16-9)10(20)7-4-2-1-3-5-7/h1-6H,(H4,14,15,17,18,19). The van der Waals surface area contributed by atoms with Crippen LogP contribution in [0.5, 0.6) is 0 Å². The lowest BCUT2D eigenvalue weighted by atomic mass is 10.1. The Morgan fingerprint density at radius 2 is 1.75 bits per heavy atom. The molecule has 0 unspecified atom stereocenters. The van der Waals surface area contributed by atoms with Gasteiger partial charge in [-0.05, 0) is 0 Å². The number of hydrogen-bond donors (Lipinski definition) is 2. The van der Waals surface area contributed by atoms with Crippen molar-refractivity contribution in [2.24, 2.45) is 0 Å². The van der Waals surface area contributed by atoms with Crippen molar-refractivity contribution in [3.63, 3.8) is 0 Å². The molecule has 98 valence electrons. The number of ketones is 1. The van der Waals surface area contributed by atoms with Gasteiger partial charge in [0.25, 0.3) is 0 Å². The van der Waals surface area contributed by atoms with Gasteiger partial charge in [0.05, 0.1) is 6.20 Å². The smallest absolute Gasteiger partial charge is 0.224 e. The number of fused-ring (bicyclic) bond motifs is 1. The Balaban J connectivity index is 2.12. The van der Waals surface area contributed by atoms with E-state index in [2.05, 4.69) is 19.9 Å². The van der Waals surface area contributed by atoms with Gasteiger partial charge in [-0.25, -0.2) is 9.97 Å². The van der Waals surface area contributed by atoms with E-state index in [1.54, 1.807) is 24.3 Å². The minimum absolute atomic E-state index is 0.00592. The van der Waals surface area contributed by atoms with Crippen molar-refractivity contribution in [1.29, 1.82) is 0 Å². The van der Waals surface area contributed by atoms with Crippen molar-refractivity contribution in [3.05, 3.63) is 47.8 Å². The summed E-state index contributed by atoms with van der Waals surface area (Å²) >= 11 is 0. The van der Waals surface area contributed by atoms with Crippen LogP contribution < -0.4 is 11.5 Å². The molecule has 1 aromatic carbocycles. The molecule has 3 aromatic rings. The van der Waals surface area contributed by atoms with Crippen LogP contribution in [0.25, 0.3) is 11.2 Å². The summed E-state index contributed by atoms with van der Waals surface area (Å²) in [5, 5.41) is 0. The minimum Gasteiger partial charge on any atom is -0.382 e. The van der Waals surface area contributed by atoms with E-state index in [0.29, 0.717) is 11.1 Å². The molecular formula is C13H10N6O. The van der Waals surface area contributed by atoms with Crippen LogP contribution in [0.1, 0.15) is 16.1 Å². The van der Waals surface area contributed by atoms with Crippen LogP contribution in [0, 0.1) is 0 Å². The lowest BCUT2D eigenvalue weighted by Gasteiger charge is -2.03. The van der Waals surface area contributed by atoms with Gasteiger partial charge in [-0.1, -0.05) is 30.3 Å². The predicted molar refractivity (Wildman–Crippen MR) is 73.8 cm³/mol. The molecule has 7 heteroatoms. The second-order valence-electron chi connectivity index (χ2n) is 4.09. The third-order valence-electron chi connectivity index (χ3n) is 2.72. The first kappa shape index (κ1) is 12.0. The van der Waals surface area contributed by atoms with E-state index in [1.165, 1.54) is 6.20 Å². The van der Waals surface area contributed by atoms with Crippen molar-refractivity contribution < 1.29 is 4.79 Å². The normalized spacial score (nSPS) is 10.6. The number of benzene rings is 1. The zero-order valence-electron chi connectivity index (χ0n) is 10.3. The number of carbonyl (C=O) groups excluding carboxylic acids is 1. The third-order valence-corrected chi connectivity index (χ3v) is 2.72. The van der Waals surface area contributed by atoms with Gasteiger partial charge in [0.15, 0.2) is 11.5 Å². The number of aromatic nitrogens is 4. The number of nitrogen functional groups attached to an aromatic ring is 2. The lowest BCUT2D eigenvalue weighted by Crippen LogP contribution is -2.08. The van der Waals surface area contributed by atoms with Crippen molar-refractivity contribution in [3.8, 4) is 0 Å². The Labute approximate surface area is 113 Å². The van der Waals surface area contributed by atoms with Crippen LogP contribution in [-0.4, -0.2) is 25.7 Å². The predicted octanol–water partition coefficient (Wildman–Crippen LogP) is 0.815. The Hall–Kier alpha value is -3.09. The zero-order chi connectivity index (χ0) is 14.1. The van der Waals surface area contributed by atoms with Gasteiger partial charge >= 0.3 is 0 Å². The molecule has 0 bridgehead atoms. The quantitative estimate of drug-likeness (QED) is 0.658. The number of nitrogens with zero attached hydrogens (tertiary/aromatic N) is 4. The minimum atomic E-state index is -0.240. The van der Waals surface area contributed by atoms with E-state index >= 15 is 0 Å². The molecule has 0 atom stereocenters. The number of nitrogens with two attached hydrogens (primary N) is 2. The number of rotatable bonds is 2. The zero-order valence-corrected chi connectivity index (χ0v) is 10.3. The van der Waals surface area contributed by atoms with Crippen molar-refractivity contribution >= 4 is 28.7 Å². The number of anilines is 2. The first-order valence-electron chi connectivity index (χ1n) is 5.80. The fraction of sp³-hybridized carbons (Fsp3) is 0. The van der Waals surface area contributed by atoms with Crippen LogP contribution in [0.4, 0.5) is 11.8 Å². The number of carbonyl (C=O) groups is 1. The Morgan fingerprint density at radius 1 is 1.00 bits per heavy atom. The highest BCUT2D eigenvalue weighted by Crippen LogP contribution is 2.15. The fourth-order valence-electron chi connectivity index (χ4n) is 1.79. The Kier molecular flexibility index (Phi) is 2.72. The molecular weight excluding hydrogens is 256 g/mol. The monoisotopic (exact) mass is 266 g/mol. The highest BCUT2D eigenvalue weighted by Gasteiger charge is 2.13. The summed E-state index contributed by atoms with van der Waals surface area (Å²) < 4.78 is 0. The van der Waals surface area contributed by atoms with E-state index in [9.17, 15) is 4.79 Å². The van der Waals surface area contributed by atoms with Crippen LogP contribution in [0.2, 0.25) is 0 Å². The molecule has 0 saturated heterocycles. The number of hydrogen-bond acceptors (Lipinski definition) is 7. The van der Waals surface area contributed by atoms with Crippen LogP contribution in [0.3, 0.4) is 0 Å². The first-order chi connectivity index (χ1) is 9.65. The first-order valence-corrected chi connectivity index (χ1v) is 5.80. The maximum absolute atomic E-state index is 12.3. The summed E-state index contributed by atoms with van der Waals surface area (Å²) in [5.41, 5.74) is 12.4. The summed E-state index contributed by atoms with van der Waals surface area (Å²) in [5.74, 6) is -0.108. The van der Waals surface area contributed by atoms with Gasteiger partial charge in [-0.2, -0.15) is 9.97 Å². The molecule has 0 spiro atoms. The molecule has 0 aliphatic rings. The molecule has 0 aliphatic carbocycles. The van der Waals surface area contributed by atoms with Gasteiger partial charge in [-0.3, -0.25) is 4.79 Å². The molecule has 0 fully saturated rings. The van der Waals surface area contributed by atoms with E-state index in [0.717, 1.165) is 0 Å². The maximum Gasteiger partial charge on any atom is 0.224 e. The molecule has 0 radical (unpaired) electrons. The van der Waals surface area contributed by atoms with E-state index in [-0.39, 0.29) is 28.9 Å². The third kappa shape index (κ3) is 2.01. The molecule has 3 rings (SSSR count). The van der Waals surface area contributed by atoms with E-state index in [1.807, 2.05) is 6.07 Å². The SMILES string of the molecule is Nc1nc(N)c2ncc(C(=O)c3ccccc3)nc2n1. The van der Waals surface area contributed by atoms with Crippen molar-refractivity contribution in [2.75, 3.05) is 11.5 Å². The average molecular weight is 266 g/mol. The van der Waals surface area contributed by atoms with Crippen LogP contribution in [0.15, 0.2) is 36.5 Å². The van der Waals surface area contributed by atoms with Gasteiger partial charge in [0, 0.05) is 5.56 Å². The highest BCUT2D eigenvalue weighted by atomic mass is 16.1. The summed E-state index contributed by atoms with van der Waals surface area (Å²) in [4.78, 5) is 28.2. The van der Waals surface area contributed by atoms with Gasteiger partial charge < -0.3 is 11.5 Å². The largest absolute Gasteiger partial charge is 0.382 e. The molecule has 4 N–H and O–H groups in total. The molecule has 2 heterocycles. The van der Waals surface area contributed by atoms with Gasteiger partial charge in [0.2, 0.25) is 11.7 Å². The molecule has 0 amide bonds. The molecule has 2 aromatic heterocycles. The van der Waals surface area contributed by atoms with Crippen LogP contribution >= 0.6 is 0 Å². The second kappa shape index (κ2) is 4.54. The Bertz CT molecular complexity index is 803. The molecule has 20 heavy (non-hydrogen) atoms. The lowest BCUT2D eigenvalue weighted by molar-refractivity contribution is 0.103. The summed E-state index contributed by atoms with van der Waals surface area (Å²) in [6, 6.07) is 8.80. The molecule has 0 saturated carbocycles. The van der Waals surface area contributed by atoms with E-state index in [4.69, 9.17) is 11.5 Å². The van der Waals surface area contributed by atoms with Crippen molar-refractivity contribution in [2.45, 2.75) is 0 Å². The topological polar surface area (TPSA) is 121 Å². The molecule has 7 nitrogen and oxygen atoms in total. The van der Waals surface area contributed by atoms with E-state index < -0.39 is 0 Å². The summed E-state index contributed by atoms with van der Waals surface area (Å²) in [6.45, 7) is 0. The summed E-state index contributed by atoms with van der Waals surface area (Å²) in [6.07, 6.45) is 1.35.